The van der Waals surface area contributed by atoms with Crippen LogP contribution >= 0.6 is 0 Å². The van der Waals surface area contributed by atoms with Crippen LogP contribution in [0.1, 0.15) is 36.5 Å². The quantitative estimate of drug-likeness (QED) is 0.697. The van der Waals surface area contributed by atoms with Crippen LogP contribution in [0.2, 0.25) is 0 Å². The predicted octanol–water partition coefficient (Wildman–Crippen LogP) is 2.97. The zero-order valence-electron chi connectivity index (χ0n) is 14.4. The van der Waals surface area contributed by atoms with Gasteiger partial charge in [0.1, 0.15) is 5.82 Å². The molecule has 0 aromatic heterocycles. The van der Waals surface area contributed by atoms with E-state index in [1.807, 2.05) is 6.07 Å². The fourth-order valence-electron chi connectivity index (χ4n) is 2.65. The van der Waals surface area contributed by atoms with Crippen molar-refractivity contribution in [2.75, 3.05) is 6.54 Å². The van der Waals surface area contributed by atoms with Gasteiger partial charge in [0, 0.05) is 19.1 Å². The van der Waals surface area contributed by atoms with Crippen molar-refractivity contribution in [1.82, 2.24) is 5.32 Å². The van der Waals surface area contributed by atoms with Gasteiger partial charge in [0.15, 0.2) is 0 Å². The first-order valence-electron chi connectivity index (χ1n) is 8.43. The molecule has 0 saturated carbocycles. The van der Waals surface area contributed by atoms with Crippen molar-refractivity contribution in [3.63, 3.8) is 0 Å². The Kier molecular flexibility index (Phi) is 6.91. The molecule has 0 aliphatic rings. The van der Waals surface area contributed by atoms with E-state index in [0.717, 1.165) is 5.56 Å². The summed E-state index contributed by atoms with van der Waals surface area (Å²) in [4.78, 5) is 0. The van der Waals surface area contributed by atoms with E-state index >= 15 is 0 Å². The summed E-state index contributed by atoms with van der Waals surface area (Å²) in [5.74, 6) is 0.215. The van der Waals surface area contributed by atoms with Crippen LogP contribution in [0.5, 0.6) is 0 Å². The third-order valence-corrected chi connectivity index (χ3v) is 4.15. The summed E-state index contributed by atoms with van der Waals surface area (Å²) in [6.07, 6.45) is -0.231. The molecule has 0 spiro atoms. The molecule has 0 aliphatic heterocycles. The second-order valence-corrected chi connectivity index (χ2v) is 6.60. The first-order valence-corrected chi connectivity index (χ1v) is 8.43. The Morgan fingerprint density at radius 3 is 2.50 bits per heavy atom. The van der Waals surface area contributed by atoms with Gasteiger partial charge in [-0.2, -0.15) is 0 Å². The zero-order valence-corrected chi connectivity index (χ0v) is 14.4. The van der Waals surface area contributed by atoms with Gasteiger partial charge in [0.2, 0.25) is 0 Å². The van der Waals surface area contributed by atoms with Crippen LogP contribution in [0.4, 0.5) is 4.39 Å². The Morgan fingerprint density at radius 1 is 1.08 bits per heavy atom. The first-order chi connectivity index (χ1) is 11.5. The van der Waals surface area contributed by atoms with Gasteiger partial charge in [0.25, 0.3) is 0 Å². The molecule has 0 aliphatic carbocycles. The summed E-state index contributed by atoms with van der Waals surface area (Å²) >= 11 is 0. The summed E-state index contributed by atoms with van der Waals surface area (Å²) in [6, 6.07) is 14.3. The molecule has 2 atom stereocenters. The van der Waals surface area contributed by atoms with Gasteiger partial charge in [-0.1, -0.05) is 50.2 Å². The molecule has 2 aromatic rings. The average Bonchev–Trinajstić information content (AvgIpc) is 2.55. The second kappa shape index (κ2) is 8.92. The Labute approximate surface area is 143 Å². The summed E-state index contributed by atoms with van der Waals surface area (Å²) in [5, 5.41) is 13.4. The molecule has 2 rings (SSSR count). The SMILES string of the molecule is CC(C)c1cccc(CNC[C@@H](O)[C@@H](N)Cc2cccc(F)c2)c1. The van der Waals surface area contributed by atoms with Crippen molar-refractivity contribution in [2.24, 2.45) is 5.73 Å². The minimum atomic E-state index is -0.679. The van der Waals surface area contributed by atoms with E-state index in [4.69, 9.17) is 5.73 Å². The highest BCUT2D eigenvalue weighted by atomic mass is 19.1. The number of hydrogen-bond acceptors (Lipinski definition) is 3. The standard InChI is InChI=1S/C20H27FN2O/c1-14(2)17-7-3-6-16(9-17)12-23-13-20(24)19(22)11-15-5-4-8-18(21)10-15/h3-10,14,19-20,23-24H,11-13,22H2,1-2H3/t19-,20+/m0/s1. The predicted molar refractivity (Wildman–Crippen MR) is 96.3 cm³/mol. The lowest BCUT2D eigenvalue weighted by molar-refractivity contribution is 0.141. The number of benzene rings is 2. The van der Waals surface area contributed by atoms with Crippen molar-refractivity contribution in [2.45, 2.75) is 44.9 Å². The molecule has 0 fully saturated rings. The van der Waals surface area contributed by atoms with Crippen LogP contribution < -0.4 is 11.1 Å². The van der Waals surface area contributed by atoms with Crippen molar-refractivity contribution in [3.05, 3.63) is 71.0 Å². The van der Waals surface area contributed by atoms with E-state index in [9.17, 15) is 9.50 Å². The lowest BCUT2D eigenvalue weighted by Gasteiger charge is -2.19. The van der Waals surface area contributed by atoms with E-state index in [-0.39, 0.29) is 5.82 Å². The van der Waals surface area contributed by atoms with E-state index in [2.05, 4.69) is 43.4 Å². The molecule has 0 saturated heterocycles. The smallest absolute Gasteiger partial charge is 0.123 e. The third-order valence-electron chi connectivity index (χ3n) is 4.15. The van der Waals surface area contributed by atoms with E-state index < -0.39 is 12.1 Å². The van der Waals surface area contributed by atoms with Gasteiger partial charge in [-0.05, 0) is 41.2 Å². The van der Waals surface area contributed by atoms with Gasteiger partial charge in [-0.3, -0.25) is 0 Å². The van der Waals surface area contributed by atoms with Crippen LogP contribution in [0.3, 0.4) is 0 Å². The Morgan fingerprint density at radius 2 is 1.79 bits per heavy atom. The molecular formula is C20H27FN2O. The first kappa shape index (κ1) is 18.6. The molecule has 4 N–H and O–H groups in total. The summed E-state index contributed by atoms with van der Waals surface area (Å²) in [5.41, 5.74) is 9.32. The Balaban J connectivity index is 1.80. The largest absolute Gasteiger partial charge is 0.390 e. The molecule has 130 valence electrons. The number of aliphatic hydroxyl groups excluding tert-OH is 1. The zero-order chi connectivity index (χ0) is 17.5. The molecule has 0 amide bonds. The molecular weight excluding hydrogens is 303 g/mol. The van der Waals surface area contributed by atoms with Crippen LogP contribution in [-0.2, 0) is 13.0 Å². The maximum Gasteiger partial charge on any atom is 0.123 e. The van der Waals surface area contributed by atoms with Crippen molar-refractivity contribution in [3.8, 4) is 0 Å². The molecule has 2 aromatic carbocycles. The average molecular weight is 330 g/mol. The maximum absolute atomic E-state index is 13.2. The van der Waals surface area contributed by atoms with Crippen LogP contribution in [0.25, 0.3) is 0 Å². The lowest BCUT2D eigenvalue weighted by atomic mass is 10.0. The normalized spacial score (nSPS) is 13.9. The number of nitrogens with two attached hydrogens (primary N) is 1. The van der Waals surface area contributed by atoms with E-state index in [1.54, 1.807) is 6.07 Å². The fourth-order valence-corrected chi connectivity index (χ4v) is 2.65. The monoisotopic (exact) mass is 330 g/mol. The number of halogens is 1. The van der Waals surface area contributed by atoms with Crippen LogP contribution in [0.15, 0.2) is 48.5 Å². The summed E-state index contributed by atoms with van der Waals surface area (Å²) in [6.45, 7) is 5.43. The van der Waals surface area contributed by atoms with Gasteiger partial charge in [0.05, 0.1) is 6.10 Å². The van der Waals surface area contributed by atoms with E-state index in [0.29, 0.717) is 25.4 Å². The molecule has 24 heavy (non-hydrogen) atoms. The van der Waals surface area contributed by atoms with Crippen molar-refractivity contribution >= 4 is 0 Å². The number of aliphatic hydroxyl groups is 1. The molecule has 0 radical (unpaired) electrons. The van der Waals surface area contributed by atoms with Crippen molar-refractivity contribution in [1.29, 1.82) is 0 Å². The topological polar surface area (TPSA) is 58.3 Å². The molecule has 0 unspecified atom stereocenters. The maximum atomic E-state index is 13.2. The number of hydrogen-bond donors (Lipinski definition) is 3. The minimum Gasteiger partial charge on any atom is -0.390 e. The third kappa shape index (κ3) is 5.71. The molecule has 0 heterocycles. The molecule has 0 bridgehead atoms. The highest BCUT2D eigenvalue weighted by molar-refractivity contribution is 5.25. The number of rotatable bonds is 8. The van der Waals surface area contributed by atoms with Crippen molar-refractivity contribution < 1.29 is 9.50 Å². The second-order valence-electron chi connectivity index (χ2n) is 6.60. The van der Waals surface area contributed by atoms with Gasteiger partial charge >= 0.3 is 0 Å². The van der Waals surface area contributed by atoms with Crippen LogP contribution in [0, 0.1) is 5.82 Å². The highest BCUT2D eigenvalue weighted by Gasteiger charge is 2.15. The minimum absolute atomic E-state index is 0.280. The Hall–Kier alpha value is -1.75. The van der Waals surface area contributed by atoms with Gasteiger partial charge < -0.3 is 16.2 Å². The summed E-state index contributed by atoms with van der Waals surface area (Å²) in [7, 11) is 0. The molecule has 3 nitrogen and oxygen atoms in total. The highest BCUT2D eigenvalue weighted by Crippen LogP contribution is 2.15. The number of nitrogens with one attached hydrogen (secondary N) is 1. The van der Waals surface area contributed by atoms with Crippen LogP contribution in [-0.4, -0.2) is 23.8 Å². The summed E-state index contributed by atoms with van der Waals surface area (Å²) < 4.78 is 13.2. The van der Waals surface area contributed by atoms with E-state index in [1.165, 1.54) is 23.3 Å². The fraction of sp³-hybridized carbons (Fsp3) is 0.400. The van der Waals surface area contributed by atoms with Gasteiger partial charge in [-0.15, -0.1) is 0 Å². The van der Waals surface area contributed by atoms with Gasteiger partial charge in [-0.25, -0.2) is 4.39 Å². The lowest BCUT2D eigenvalue weighted by Crippen LogP contribution is -2.43. The molecule has 4 heteroatoms. The Bertz CT molecular complexity index is 645.